The minimum Gasteiger partial charge on any atom is -0.392 e. The topological polar surface area (TPSA) is 91.5 Å². The van der Waals surface area contributed by atoms with Crippen LogP contribution in [0.5, 0.6) is 0 Å². The summed E-state index contributed by atoms with van der Waals surface area (Å²) in [5.74, 6) is 0.191. The first-order valence-electron chi connectivity index (χ1n) is 8.75. The van der Waals surface area contributed by atoms with Gasteiger partial charge in [-0.25, -0.2) is 0 Å². The number of carbonyl (C=O) groups is 1. The van der Waals surface area contributed by atoms with E-state index in [0.717, 1.165) is 31.5 Å². The van der Waals surface area contributed by atoms with Gasteiger partial charge in [-0.2, -0.15) is 5.10 Å². The number of amides is 1. The molecule has 4 rings (SSSR count). The van der Waals surface area contributed by atoms with Gasteiger partial charge in [-0.05, 0) is 48.9 Å². The second kappa shape index (κ2) is 6.57. The van der Waals surface area contributed by atoms with Crippen molar-refractivity contribution in [2.75, 3.05) is 6.54 Å². The van der Waals surface area contributed by atoms with Gasteiger partial charge in [0.15, 0.2) is 0 Å². The minimum absolute atomic E-state index is 0.113. The molecule has 3 heterocycles. The summed E-state index contributed by atoms with van der Waals surface area (Å²) in [7, 11) is 0. The van der Waals surface area contributed by atoms with E-state index in [1.807, 2.05) is 10.7 Å². The molecule has 0 unspecified atom stereocenters. The van der Waals surface area contributed by atoms with Crippen LogP contribution in [0.4, 0.5) is 0 Å². The van der Waals surface area contributed by atoms with Crippen LogP contribution >= 0.6 is 0 Å². The number of hydrogen-bond acceptors (Lipinski definition) is 5. The third kappa shape index (κ3) is 3.29. The number of aliphatic hydroxyl groups is 2. The van der Waals surface area contributed by atoms with Gasteiger partial charge < -0.3 is 15.1 Å². The summed E-state index contributed by atoms with van der Waals surface area (Å²) in [6, 6.07) is 5.25. The van der Waals surface area contributed by atoms with Crippen LogP contribution in [-0.4, -0.2) is 42.3 Å². The van der Waals surface area contributed by atoms with Crippen molar-refractivity contribution < 1.29 is 15.0 Å². The fourth-order valence-electron chi connectivity index (χ4n) is 3.31. The Morgan fingerprint density at radius 2 is 2.16 bits per heavy atom. The molecule has 1 saturated carbocycles. The largest absolute Gasteiger partial charge is 0.392 e. The molecule has 0 spiro atoms. The average molecular weight is 342 g/mol. The smallest absolute Gasteiger partial charge is 0.272 e. The molecular formula is C18H22N4O3. The highest BCUT2D eigenvalue weighted by molar-refractivity contribution is 5.92. The molecule has 1 fully saturated rings. The summed E-state index contributed by atoms with van der Waals surface area (Å²) in [5, 5.41) is 24.1. The van der Waals surface area contributed by atoms with Crippen molar-refractivity contribution in [2.45, 2.75) is 45.1 Å². The molecule has 1 aliphatic carbocycles. The number of fused-ring (bicyclic) bond motifs is 1. The standard InChI is InChI=1S/C18H22N4O3/c23-11-12-4-5-19-16(8-12)18(25)21-6-1-7-22-14(10-21)9-15(20-22)17(24)13-2-3-13/h4-5,8-9,13,17,23-24H,1-3,6-7,10-11H2/t17-/m1/s1. The zero-order valence-corrected chi connectivity index (χ0v) is 14.0. The summed E-state index contributed by atoms with van der Waals surface area (Å²) < 4.78 is 1.91. The van der Waals surface area contributed by atoms with Crippen LogP contribution in [0.1, 0.15) is 52.8 Å². The Bertz CT molecular complexity index is 784. The van der Waals surface area contributed by atoms with Gasteiger partial charge in [0, 0.05) is 19.3 Å². The number of pyridine rings is 1. The van der Waals surface area contributed by atoms with Crippen LogP contribution in [0.2, 0.25) is 0 Å². The fourth-order valence-corrected chi connectivity index (χ4v) is 3.31. The van der Waals surface area contributed by atoms with E-state index in [-0.39, 0.29) is 12.5 Å². The van der Waals surface area contributed by atoms with Crippen molar-refractivity contribution in [1.29, 1.82) is 0 Å². The SMILES string of the molecule is O=C(c1cc(CO)ccn1)N1CCCn2nc([C@H](O)C3CC3)cc2C1. The lowest BCUT2D eigenvalue weighted by molar-refractivity contribution is 0.0739. The second-order valence-corrected chi connectivity index (χ2v) is 6.85. The Morgan fingerprint density at radius 1 is 1.32 bits per heavy atom. The number of aryl methyl sites for hydroxylation is 1. The fraction of sp³-hybridized carbons (Fsp3) is 0.500. The molecule has 0 saturated heterocycles. The third-order valence-electron chi connectivity index (χ3n) is 4.92. The maximum absolute atomic E-state index is 12.8. The van der Waals surface area contributed by atoms with E-state index in [1.165, 1.54) is 0 Å². The van der Waals surface area contributed by atoms with Crippen LogP contribution in [0, 0.1) is 5.92 Å². The Hall–Kier alpha value is -2.25. The number of hydrogen-bond donors (Lipinski definition) is 2. The van der Waals surface area contributed by atoms with E-state index in [0.29, 0.717) is 36.0 Å². The van der Waals surface area contributed by atoms with Gasteiger partial charge in [0.2, 0.25) is 0 Å². The Balaban J connectivity index is 1.54. The van der Waals surface area contributed by atoms with Crippen molar-refractivity contribution in [2.24, 2.45) is 5.92 Å². The van der Waals surface area contributed by atoms with Crippen molar-refractivity contribution in [3.63, 3.8) is 0 Å². The van der Waals surface area contributed by atoms with Crippen molar-refractivity contribution in [1.82, 2.24) is 19.7 Å². The second-order valence-electron chi connectivity index (χ2n) is 6.85. The zero-order chi connectivity index (χ0) is 17.4. The molecule has 1 amide bonds. The van der Waals surface area contributed by atoms with E-state index in [1.54, 1.807) is 23.2 Å². The predicted molar refractivity (Wildman–Crippen MR) is 89.4 cm³/mol. The molecule has 0 bridgehead atoms. The molecule has 0 radical (unpaired) electrons. The van der Waals surface area contributed by atoms with Gasteiger partial charge >= 0.3 is 0 Å². The van der Waals surface area contributed by atoms with Gasteiger partial charge in [0.1, 0.15) is 11.8 Å². The first-order chi connectivity index (χ1) is 12.2. The third-order valence-corrected chi connectivity index (χ3v) is 4.92. The average Bonchev–Trinajstić information content (AvgIpc) is 3.44. The van der Waals surface area contributed by atoms with E-state index >= 15 is 0 Å². The lowest BCUT2D eigenvalue weighted by Gasteiger charge is -2.19. The quantitative estimate of drug-likeness (QED) is 0.873. The monoisotopic (exact) mass is 342 g/mol. The molecule has 2 aliphatic rings. The van der Waals surface area contributed by atoms with Crippen LogP contribution in [-0.2, 0) is 19.7 Å². The number of carbonyl (C=O) groups excluding carboxylic acids is 1. The molecule has 1 atom stereocenters. The maximum Gasteiger partial charge on any atom is 0.272 e. The molecule has 2 aromatic heterocycles. The Kier molecular flexibility index (Phi) is 4.27. The summed E-state index contributed by atoms with van der Waals surface area (Å²) in [6.45, 7) is 1.71. The van der Waals surface area contributed by atoms with Gasteiger partial charge in [0.25, 0.3) is 5.91 Å². The molecule has 25 heavy (non-hydrogen) atoms. The minimum atomic E-state index is -0.494. The summed E-state index contributed by atoms with van der Waals surface area (Å²) in [5.41, 5.74) is 2.68. The molecule has 7 heteroatoms. The van der Waals surface area contributed by atoms with E-state index in [9.17, 15) is 15.0 Å². The molecule has 7 nitrogen and oxygen atoms in total. The van der Waals surface area contributed by atoms with Crippen molar-refractivity contribution in [3.8, 4) is 0 Å². The number of aliphatic hydroxyl groups excluding tert-OH is 2. The highest BCUT2D eigenvalue weighted by atomic mass is 16.3. The highest BCUT2D eigenvalue weighted by Crippen LogP contribution is 2.40. The van der Waals surface area contributed by atoms with Crippen LogP contribution in [0.15, 0.2) is 24.4 Å². The molecular weight excluding hydrogens is 320 g/mol. The van der Waals surface area contributed by atoms with Gasteiger partial charge in [-0.3, -0.25) is 14.5 Å². The van der Waals surface area contributed by atoms with Crippen LogP contribution < -0.4 is 0 Å². The summed E-state index contributed by atoms with van der Waals surface area (Å²) in [4.78, 5) is 18.7. The zero-order valence-electron chi connectivity index (χ0n) is 14.0. The van der Waals surface area contributed by atoms with E-state index < -0.39 is 6.10 Å². The van der Waals surface area contributed by atoms with E-state index in [4.69, 9.17) is 0 Å². The molecule has 0 aromatic carbocycles. The van der Waals surface area contributed by atoms with Gasteiger partial charge in [-0.1, -0.05) is 0 Å². The lowest BCUT2D eigenvalue weighted by atomic mass is 10.1. The Morgan fingerprint density at radius 3 is 2.92 bits per heavy atom. The summed E-state index contributed by atoms with van der Waals surface area (Å²) in [6.07, 6.45) is 3.97. The summed E-state index contributed by atoms with van der Waals surface area (Å²) >= 11 is 0. The molecule has 132 valence electrons. The van der Waals surface area contributed by atoms with Crippen LogP contribution in [0.3, 0.4) is 0 Å². The number of rotatable bonds is 4. The van der Waals surface area contributed by atoms with Gasteiger partial charge in [-0.15, -0.1) is 0 Å². The van der Waals surface area contributed by atoms with Crippen LogP contribution in [0.25, 0.3) is 0 Å². The molecule has 1 aliphatic heterocycles. The first kappa shape index (κ1) is 16.2. The van der Waals surface area contributed by atoms with Crippen molar-refractivity contribution >= 4 is 5.91 Å². The van der Waals surface area contributed by atoms with Crippen molar-refractivity contribution in [3.05, 3.63) is 47.0 Å². The van der Waals surface area contributed by atoms with E-state index in [2.05, 4.69) is 10.1 Å². The van der Waals surface area contributed by atoms with Gasteiger partial charge in [0.05, 0.1) is 24.5 Å². The molecule has 2 N–H and O–H groups in total. The first-order valence-corrected chi connectivity index (χ1v) is 8.75. The maximum atomic E-state index is 12.8. The normalized spacial score (nSPS) is 18.6. The lowest BCUT2D eigenvalue weighted by Crippen LogP contribution is -2.31. The highest BCUT2D eigenvalue weighted by Gasteiger charge is 2.33. The molecule has 2 aromatic rings. The number of nitrogens with zero attached hydrogens (tertiary/aromatic N) is 4. The predicted octanol–water partition coefficient (Wildman–Crippen LogP) is 1.26. The Labute approximate surface area is 145 Å². The number of aromatic nitrogens is 3.